The van der Waals surface area contributed by atoms with Crippen molar-refractivity contribution in [3.8, 4) is 11.8 Å². The molecule has 0 N–H and O–H groups in total. The number of aromatic nitrogens is 8. The molecule has 256 valence electrons. The molecule has 51 heavy (non-hydrogen) atoms. The Morgan fingerprint density at radius 1 is 0.667 bits per heavy atom. The molecule has 0 aliphatic heterocycles. The highest BCUT2D eigenvalue weighted by atomic mass is 127. The third kappa shape index (κ3) is 7.22. The van der Waals surface area contributed by atoms with E-state index in [-0.39, 0.29) is 5.69 Å². The minimum atomic E-state index is -0.513. The lowest BCUT2D eigenvalue weighted by atomic mass is 10.1. The van der Waals surface area contributed by atoms with Crippen LogP contribution >= 0.6 is 45.8 Å². The Bertz CT molecular complexity index is 2590. The van der Waals surface area contributed by atoms with Crippen LogP contribution in [0, 0.1) is 3.70 Å². The van der Waals surface area contributed by atoms with Crippen LogP contribution in [0.25, 0.3) is 43.6 Å². The SMILES string of the molecule is COC(=O)c1nn(Cc2ccc3ncc(Cl)cc3c2)c2cnc(OC)cc12.COc1cc2c(I)nn(Cc3ccc4ncc(Cl)cc4c3)c2cn1. The van der Waals surface area contributed by atoms with Gasteiger partial charge in [0.05, 0.1) is 78.9 Å². The van der Waals surface area contributed by atoms with Gasteiger partial charge >= 0.3 is 5.97 Å². The lowest BCUT2D eigenvalue weighted by Crippen LogP contribution is -2.06. The Morgan fingerprint density at radius 2 is 1.18 bits per heavy atom. The molecule has 0 bridgehead atoms. The first-order valence-electron chi connectivity index (χ1n) is 15.4. The number of esters is 1. The van der Waals surface area contributed by atoms with Gasteiger partial charge in [-0.05, 0) is 70.1 Å². The lowest BCUT2D eigenvalue weighted by molar-refractivity contribution is 0.0595. The van der Waals surface area contributed by atoms with E-state index in [1.54, 1.807) is 42.6 Å². The largest absolute Gasteiger partial charge is 0.481 e. The number of pyridine rings is 4. The molecule has 6 heterocycles. The standard InChI is InChI=1S/C19H15ClN4O3.C17H12ClIN4O/c1-26-17-7-14-16(9-22-17)24(23-18(14)19(25)27-2)10-11-3-4-15-12(5-11)6-13(20)8-21-15;1-24-16-6-13-15(8-21-16)23(22-17(13)19)9-10-2-3-14-11(4-10)5-12(18)7-20-14/h3-9H,10H2,1-2H3;2-8H,9H2,1H3. The smallest absolute Gasteiger partial charge is 0.359 e. The number of methoxy groups -OCH3 is 3. The second-order valence-corrected chi connectivity index (χ2v) is 13.2. The van der Waals surface area contributed by atoms with E-state index in [0.717, 1.165) is 47.5 Å². The van der Waals surface area contributed by atoms with Gasteiger partial charge in [-0.1, -0.05) is 35.3 Å². The summed E-state index contributed by atoms with van der Waals surface area (Å²) >= 11 is 14.3. The van der Waals surface area contributed by atoms with Crippen LogP contribution in [0.1, 0.15) is 21.6 Å². The zero-order valence-electron chi connectivity index (χ0n) is 27.3. The van der Waals surface area contributed by atoms with Crippen molar-refractivity contribution in [2.24, 2.45) is 0 Å². The first-order valence-corrected chi connectivity index (χ1v) is 17.2. The van der Waals surface area contributed by atoms with Gasteiger partial charge < -0.3 is 14.2 Å². The fourth-order valence-electron chi connectivity index (χ4n) is 5.63. The van der Waals surface area contributed by atoms with Crippen molar-refractivity contribution in [2.75, 3.05) is 21.3 Å². The summed E-state index contributed by atoms with van der Waals surface area (Å²) in [5.41, 5.74) is 5.81. The van der Waals surface area contributed by atoms with E-state index in [0.29, 0.717) is 45.8 Å². The van der Waals surface area contributed by atoms with Crippen LogP contribution in [-0.4, -0.2) is 66.8 Å². The summed E-state index contributed by atoms with van der Waals surface area (Å²) in [6, 6.07) is 19.4. The van der Waals surface area contributed by atoms with Gasteiger partial charge in [0.15, 0.2) is 5.69 Å². The van der Waals surface area contributed by atoms with E-state index in [1.807, 2.05) is 47.1 Å². The topological polar surface area (TPSA) is 132 Å². The van der Waals surface area contributed by atoms with Crippen LogP contribution in [0.3, 0.4) is 0 Å². The van der Waals surface area contributed by atoms with Gasteiger partial charge in [0.1, 0.15) is 3.70 Å². The van der Waals surface area contributed by atoms with Gasteiger partial charge in [-0.15, -0.1) is 0 Å². The Balaban J connectivity index is 0.000000160. The first kappa shape index (κ1) is 34.3. The fraction of sp³-hybridized carbons (Fsp3) is 0.139. The number of hydrogen-bond acceptors (Lipinski definition) is 10. The summed E-state index contributed by atoms with van der Waals surface area (Å²) in [6.07, 6.45) is 6.70. The van der Waals surface area contributed by atoms with E-state index >= 15 is 0 Å². The van der Waals surface area contributed by atoms with Gasteiger partial charge in [-0.3, -0.25) is 19.3 Å². The van der Waals surface area contributed by atoms with E-state index < -0.39 is 5.97 Å². The highest BCUT2D eigenvalue weighted by Crippen LogP contribution is 2.26. The van der Waals surface area contributed by atoms with Crippen molar-refractivity contribution in [1.29, 1.82) is 0 Å². The molecule has 0 radical (unpaired) electrons. The van der Waals surface area contributed by atoms with E-state index in [9.17, 15) is 4.79 Å². The predicted molar refractivity (Wildman–Crippen MR) is 204 cm³/mol. The molecule has 0 unspecified atom stereocenters. The van der Waals surface area contributed by atoms with Crippen LogP contribution in [0.15, 0.2) is 85.5 Å². The molecule has 2 aromatic carbocycles. The van der Waals surface area contributed by atoms with Crippen LogP contribution in [0.4, 0.5) is 0 Å². The van der Waals surface area contributed by atoms with Gasteiger partial charge in [-0.2, -0.15) is 10.2 Å². The number of carbonyl (C=O) groups excluding carboxylic acids is 1. The highest BCUT2D eigenvalue weighted by molar-refractivity contribution is 14.1. The molecule has 0 saturated heterocycles. The molecule has 8 aromatic rings. The normalized spacial score (nSPS) is 11.2. The number of carbonyl (C=O) groups is 1. The minimum absolute atomic E-state index is 0.221. The third-order valence-corrected chi connectivity index (χ3v) is 9.27. The molecule has 0 spiro atoms. The maximum Gasteiger partial charge on any atom is 0.359 e. The zero-order chi connectivity index (χ0) is 35.6. The number of benzene rings is 2. The maximum atomic E-state index is 12.1. The number of hydrogen-bond donors (Lipinski definition) is 0. The summed E-state index contributed by atoms with van der Waals surface area (Å²) in [6.45, 7) is 1.10. The Morgan fingerprint density at radius 3 is 1.71 bits per heavy atom. The molecule has 15 heteroatoms. The zero-order valence-corrected chi connectivity index (χ0v) is 31.0. The Labute approximate surface area is 314 Å². The quantitative estimate of drug-likeness (QED) is 0.116. The van der Waals surface area contributed by atoms with Crippen LogP contribution < -0.4 is 9.47 Å². The van der Waals surface area contributed by atoms with Gasteiger partial charge in [0.25, 0.3) is 0 Å². The average molecular weight is 833 g/mol. The molecule has 0 fully saturated rings. The number of fused-ring (bicyclic) bond motifs is 4. The summed E-state index contributed by atoms with van der Waals surface area (Å²) in [7, 11) is 4.45. The summed E-state index contributed by atoms with van der Waals surface area (Å²) in [5.74, 6) is 0.478. The first-order chi connectivity index (χ1) is 24.7. The van der Waals surface area contributed by atoms with Crippen LogP contribution in [0.5, 0.6) is 11.8 Å². The lowest BCUT2D eigenvalue weighted by Gasteiger charge is -2.06. The van der Waals surface area contributed by atoms with Crippen LogP contribution in [-0.2, 0) is 17.8 Å². The average Bonchev–Trinajstić information content (AvgIpc) is 3.66. The fourth-order valence-corrected chi connectivity index (χ4v) is 6.65. The molecule has 8 rings (SSSR count). The summed E-state index contributed by atoms with van der Waals surface area (Å²) in [5, 5.41) is 13.9. The molecular weight excluding hydrogens is 806 g/mol. The van der Waals surface area contributed by atoms with Crippen LogP contribution in [0.2, 0.25) is 10.0 Å². The molecule has 0 saturated carbocycles. The molecule has 12 nitrogen and oxygen atoms in total. The highest BCUT2D eigenvalue weighted by Gasteiger charge is 2.19. The molecule has 6 aromatic heterocycles. The minimum Gasteiger partial charge on any atom is -0.481 e. The third-order valence-electron chi connectivity index (χ3n) is 8.06. The molecular formula is C36H27Cl2IN8O4. The monoisotopic (exact) mass is 832 g/mol. The van der Waals surface area contributed by atoms with Crippen molar-refractivity contribution in [3.63, 3.8) is 0 Å². The van der Waals surface area contributed by atoms with Gasteiger partial charge in [0.2, 0.25) is 11.8 Å². The maximum absolute atomic E-state index is 12.1. The molecule has 0 aliphatic rings. The number of rotatable bonds is 7. The predicted octanol–water partition coefficient (Wildman–Crippen LogP) is 7.77. The Hall–Kier alpha value is -5.12. The van der Waals surface area contributed by atoms with Crippen molar-refractivity contribution in [3.05, 3.63) is 116 Å². The number of ether oxygens (including phenoxy) is 3. The summed E-state index contributed by atoms with van der Waals surface area (Å²) in [4.78, 5) is 29.3. The number of nitrogens with zero attached hydrogens (tertiary/aromatic N) is 8. The van der Waals surface area contributed by atoms with E-state index in [1.165, 1.54) is 14.2 Å². The van der Waals surface area contributed by atoms with Gasteiger partial charge in [0, 0.05) is 46.1 Å². The van der Waals surface area contributed by atoms with Crippen molar-refractivity contribution < 1.29 is 19.0 Å². The molecule has 0 amide bonds. The van der Waals surface area contributed by atoms with Crippen molar-refractivity contribution >= 4 is 95.4 Å². The second-order valence-electron chi connectivity index (χ2n) is 11.3. The van der Waals surface area contributed by atoms with E-state index in [4.69, 9.17) is 37.4 Å². The Kier molecular flexibility index (Phi) is 9.84. The van der Waals surface area contributed by atoms with Crippen molar-refractivity contribution in [2.45, 2.75) is 13.1 Å². The van der Waals surface area contributed by atoms with Crippen molar-refractivity contribution in [1.82, 2.24) is 39.5 Å². The molecule has 0 atom stereocenters. The second kappa shape index (κ2) is 14.6. The molecule has 0 aliphatic carbocycles. The van der Waals surface area contributed by atoms with Gasteiger partial charge in [-0.25, -0.2) is 14.8 Å². The van der Waals surface area contributed by atoms with E-state index in [2.05, 4.69) is 64.9 Å². The number of halogens is 3. The summed E-state index contributed by atoms with van der Waals surface area (Å²) < 4.78 is 19.8.